The van der Waals surface area contributed by atoms with Gasteiger partial charge in [0.15, 0.2) is 9.84 Å². The quantitative estimate of drug-likeness (QED) is 0.730. The van der Waals surface area contributed by atoms with Crippen LogP contribution in [0.5, 0.6) is 0 Å². The first-order chi connectivity index (χ1) is 11.9. The summed E-state index contributed by atoms with van der Waals surface area (Å²) in [6.07, 6.45) is 0. The van der Waals surface area contributed by atoms with Crippen LogP contribution in [0, 0.1) is 6.92 Å². The summed E-state index contributed by atoms with van der Waals surface area (Å²) in [5.74, 6) is -0.388. The standard InChI is InChI=1S/C15H14N4O5S/c1-3-25(21,22)11-6-4-10(5-7-11)14-17-18-15(23-14)16-13(20)12-8-9(2)19-24-12/h4-8H,3H2,1-2H3,(H,16,18,20). The second-order valence-corrected chi connectivity index (χ2v) is 7.41. The number of aryl methyl sites for hydroxylation is 1. The van der Waals surface area contributed by atoms with Crippen molar-refractivity contribution in [1.29, 1.82) is 0 Å². The second-order valence-electron chi connectivity index (χ2n) is 5.13. The molecule has 1 aromatic carbocycles. The van der Waals surface area contributed by atoms with E-state index in [0.29, 0.717) is 11.3 Å². The average Bonchev–Trinajstić information content (AvgIpc) is 3.24. The molecule has 0 aliphatic heterocycles. The number of carbonyl (C=O) groups excluding carboxylic acids is 1. The number of nitrogens with zero attached hydrogens (tertiary/aromatic N) is 3. The van der Waals surface area contributed by atoms with Crippen molar-refractivity contribution in [3.63, 3.8) is 0 Å². The smallest absolute Gasteiger partial charge is 0.322 e. The molecule has 0 unspecified atom stereocenters. The van der Waals surface area contributed by atoms with Gasteiger partial charge in [-0.1, -0.05) is 17.2 Å². The van der Waals surface area contributed by atoms with Crippen molar-refractivity contribution in [2.75, 3.05) is 11.1 Å². The molecule has 25 heavy (non-hydrogen) atoms. The van der Waals surface area contributed by atoms with E-state index in [1.54, 1.807) is 26.0 Å². The van der Waals surface area contributed by atoms with Gasteiger partial charge in [-0.15, -0.1) is 5.10 Å². The van der Waals surface area contributed by atoms with E-state index in [4.69, 9.17) is 8.94 Å². The Morgan fingerprint density at radius 1 is 1.20 bits per heavy atom. The number of sulfone groups is 1. The van der Waals surface area contributed by atoms with Gasteiger partial charge in [0, 0.05) is 11.6 Å². The van der Waals surface area contributed by atoms with E-state index in [0.717, 1.165) is 0 Å². The van der Waals surface area contributed by atoms with Gasteiger partial charge < -0.3 is 8.94 Å². The molecule has 0 aliphatic rings. The highest BCUT2D eigenvalue weighted by Crippen LogP contribution is 2.22. The Labute approximate surface area is 143 Å². The molecule has 0 aliphatic carbocycles. The molecule has 0 bridgehead atoms. The maximum Gasteiger partial charge on any atom is 0.322 e. The minimum Gasteiger partial charge on any atom is -0.403 e. The molecule has 2 heterocycles. The van der Waals surface area contributed by atoms with E-state index in [9.17, 15) is 13.2 Å². The Morgan fingerprint density at radius 3 is 2.52 bits per heavy atom. The van der Waals surface area contributed by atoms with Crippen LogP contribution in [0.4, 0.5) is 6.01 Å². The van der Waals surface area contributed by atoms with Crippen LogP contribution in [-0.2, 0) is 9.84 Å². The number of hydrogen-bond acceptors (Lipinski definition) is 8. The molecule has 2 aromatic heterocycles. The van der Waals surface area contributed by atoms with Crippen molar-refractivity contribution in [3.05, 3.63) is 41.8 Å². The molecule has 10 heteroatoms. The van der Waals surface area contributed by atoms with Gasteiger partial charge in [0.2, 0.25) is 11.7 Å². The number of carbonyl (C=O) groups is 1. The fraction of sp³-hybridized carbons (Fsp3) is 0.200. The first kappa shape index (κ1) is 16.8. The predicted octanol–water partition coefficient (Wildman–Crippen LogP) is 2.08. The highest BCUT2D eigenvalue weighted by molar-refractivity contribution is 7.91. The third-order valence-corrected chi connectivity index (χ3v) is 5.09. The first-order valence-corrected chi connectivity index (χ1v) is 8.95. The first-order valence-electron chi connectivity index (χ1n) is 7.30. The molecular formula is C15H14N4O5S. The average molecular weight is 362 g/mol. The zero-order valence-electron chi connectivity index (χ0n) is 13.4. The SMILES string of the molecule is CCS(=O)(=O)c1ccc(-c2nnc(NC(=O)c3cc(C)no3)o2)cc1. The molecule has 130 valence electrons. The normalized spacial score (nSPS) is 11.4. The lowest BCUT2D eigenvalue weighted by molar-refractivity contribution is 0.0985. The molecule has 0 saturated carbocycles. The molecule has 0 fully saturated rings. The number of rotatable bonds is 5. The van der Waals surface area contributed by atoms with Gasteiger partial charge in [-0.2, -0.15) is 0 Å². The van der Waals surface area contributed by atoms with Crippen molar-refractivity contribution < 1.29 is 22.2 Å². The van der Waals surface area contributed by atoms with E-state index in [1.807, 2.05) is 0 Å². The van der Waals surface area contributed by atoms with Crippen LogP contribution in [0.2, 0.25) is 0 Å². The summed E-state index contributed by atoms with van der Waals surface area (Å²) in [5.41, 5.74) is 1.09. The monoisotopic (exact) mass is 362 g/mol. The number of anilines is 1. The van der Waals surface area contributed by atoms with Crippen molar-refractivity contribution in [1.82, 2.24) is 15.4 Å². The maximum atomic E-state index is 11.9. The molecule has 1 amide bonds. The van der Waals surface area contributed by atoms with E-state index in [2.05, 4.69) is 20.7 Å². The zero-order valence-corrected chi connectivity index (χ0v) is 14.2. The summed E-state index contributed by atoms with van der Waals surface area (Å²) in [7, 11) is -3.28. The fourth-order valence-electron chi connectivity index (χ4n) is 1.99. The lowest BCUT2D eigenvalue weighted by Crippen LogP contribution is -2.11. The second kappa shape index (κ2) is 6.48. The largest absolute Gasteiger partial charge is 0.403 e. The Kier molecular flexibility index (Phi) is 4.36. The third-order valence-electron chi connectivity index (χ3n) is 3.34. The maximum absolute atomic E-state index is 11.9. The Hall–Kier alpha value is -3.01. The molecule has 0 saturated heterocycles. The Morgan fingerprint density at radius 2 is 1.92 bits per heavy atom. The van der Waals surface area contributed by atoms with Crippen LogP contribution in [0.1, 0.15) is 23.2 Å². The lowest BCUT2D eigenvalue weighted by Gasteiger charge is -2.01. The zero-order chi connectivity index (χ0) is 18.0. The van der Waals surface area contributed by atoms with E-state index < -0.39 is 15.7 Å². The summed E-state index contributed by atoms with van der Waals surface area (Å²) in [6.45, 7) is 3.26. The Balaban J connectivity index is 1.76. The summed E-state index contributed by atoms with van der Waals surface area (Å²) in [5, 5.41) is 13.6. The number of benzene rings is 1. The van der Waals surface area contributed by atoms with E-state index >= 15 is 0 Å². The minimum absolute atomic E-state index is 0.0181. The molecular weight excluding hydrogens is 348 g/mol. The van der Waals surface area contributed by atoms with Crippen LogP contribution in [-0.4, -0.2) is 35.4 Å². The van der Waals surface area contributed by atoms with Crippen LogP contribution in [0.15, 0.2) is 44.2 Å². The molecule has 0 spiro atoms. The minimum atomic E-state index is -3.28. The third kappa shape index (κ3) is 3.58. The molecule has 0 radical (unpaired) electrons. The van der Waals surface area contributed by atoms with Crippen molar-refractivity contribution in [2.45, 2.75) is 18.7 Å². The van der Waals surface area contributed by atoms with Gasteiger partial charge in [0.05, 0.1) is 16.3 Å². The van der Waals surface area contributed by atoms with Gasteiger partial charge >= 0.3 is 6.01 Å². The summed E-state index contributed by atoms with van der Waals surface area (Å²) < 4.78 is 33.8. The van der Waals surface area contributed by atoms with Crippen LogP contribution in [0.3, 0.4) is 0 Å². The van der Waals surface area contributed by atoms with Crippen molar-refractivity contribution in [2.24, 2.45) is 0 Å². The molecule has 9 nitrogen and oxygen atoms in total. The highest BCUT2D eigenvalue weighted by atomic mass is 32.2. The van der Waals surface area contributed by atoms with Gasteiger partial charge in [0.25, 0.3) is 5.91 Å². The molecule has 3 rings (SSSR count). The fourth-order valence-corrected chi connectivity index (χ4v) is 2.88. The predicted molar refractivity (Wildman–Crippen MR) is 86.7 cm³/mol. The molecule has 3 aromatic rings. The number of nitrogens with one attached hydrogen (secondary N) is 1. The van der Waals surface area contributed by atoms with Gasteiger partial charge in [-0.3, -0.25) is 10.1 Å². The van der Waals surface area contributed by atoms with Gasteiger partial charge in [-0.25, -0.2) is 8.42 Å². The summed E-state index contributed by atoms with van der Waals surface area (Å²) >= 11 is 0. The molecule has 1 N–H and O–H groups in total. The number of hydrogen-bond donors (Lipinski definition) is 1. The van der Waals surface area contributed by atoms with Crippen LogP contribution >= 0.6 is 0 Å². The number of amides is 1. The van der Waals surface area contributed by atoms with Crippen molar-refractivity contribution in [3.8, 4) is 11.5 Å². The molecule has 0 atom stereocenters. The van der Waals surface area contributed by atoms with E-state index in [1.165, 1.54) is 18.2 Å². The van der Waals surface area contributed by atoms with Crippen molar-refractivity contribution >= 4 is 21.8 Å². The Bertz CT molecular complexity index is 1000. The van der Waals surface area contributed by atoms with Gasteiger partial charge in [-0.05, 0) is 31.2 Å². The number of aromatic nitrogens is 3. The highest BCUT2D eigenvalue weighted by Gasteiger charge is 2.17. The van der Waals surface area contributed by atoms with E-state index in [-0.39, 0.29) is 28.3 Å². The van der Waals surface area contributed by atoms with Crippen LogP contribution in [0.25, 0.3) is 11.5 Å². The van der Waals surface area contributed by atoms with Crippen LogP contribution < -0.4 is 5.32 Å². The summed E-state index contributed by atoms with van der Waals surface area (Å²) in [6, 6.07) is 7.41. The topological polar surface area (TPSA) is 128 Å². The summed E-state index contributed by atoms with van der Waals surface area (Å²) in [4.78, 5) is 12.1. The van der Waals surface area contributed by atoms with Gasteiger partial charge in [0.1, 0.15) is 0 Å². The lowest BCUT2D eigenvalue weighted by atomic mass is 10.2.